The zero-order valence-corrected chi connectivity index (χ0v) is 18.4. The minimum atomic E-state index is -0.955. The van der Waals surface area contributed by atoms with E-state index in [0.717, 1.165) is 0 Å². The molecule has 0 bridgehead atoms. The Morgan fingerprint density at radius 1 is 1.15 bits per heavy atom. The quantitative estimate of drug-likeness (QED) is 0.318. The molecule has 0 radical (unpaired) electrons. The highest BCUT2D eigenvalue weighted by Gasteiger charge is 2.46. The summed E-state index contributed by atoms with van der Waals surface area (Å²) in [6.45, 7) is 2.24. The molecule has 1 aliphatic heterocycles. The van der Waals surface area contributed by atoms with Crippen molar-refractivity contribution in [3.8, 4) is 5.75 Å². The Labute approximate surface area is 194 Å². The van der Waals surface area contributed by atoms with E-state index in [9.17, 15) is 19.1 Å². The molecule has 1 N–H and O–H groups in total. The van der Waals surface area contributed by atoms with E-state index in [4.69, 9.17) is 16.3 Å². The normalized spacial score (nSPS) is 17.4. The van der Waals surface area contributed by atoms with Gasteiger partial charge in [0.2, 0.25) is 0 Å². The summed E-state index contributed by atoms with van der Waals surface area (Å²) >= 11 is 6.32. The number of ether oxygens (including phenoxy) is 1. The Morgan fingerprint density at radius 2 is 1.91 bits per heavy atom. The van der Waals surface area contributed by atoms with E-state index in [1.165, 1.54) is 41.4 Å². The molecule has 2 aromatic carbocycles. The molecule has 168 valence electrons. The molecule has 4 rings (SSSR count). The highest BCUT2D eigenvalue weighted by molar-refractivity contribution is 6.46. The van der Waals surface area contributed by atoms with Crippen LogP contribution in [0.1, 0.15) is 29.8 Å². The maximum atomic E-state index is 13.4. The average Bonchev–Trinajstić information content (AvgIpc) is 3.07. The molecule has 1 saturated heterocycles. The smallest absolute Gasteiger partial charge is 0.296 e. The number of benzene rings is 2. The van der Waals surface area contributed by atoms with E-state index in [1.807, 2.05) is 6.92 Å². The first-order valence-electron chi connectivity index (χ1n) is 10.3. The summed E-state index contributed by atoms with van der Waals surface area (Å²) in [5, 5.41) is 11.4. The molecule has 33 heavy (non-hydrogen) atoms. The molecule has 2 heterocycles. The van der Waals surface area contributed by atoms with Gasteiger partial charge in [0.15, 0.2) is 0 Å². The number of hydrogen-bond acceptors (Lipinski definition) is 5. The standard InChI is InChI=1S/C25H20ClFN2O4/c1-2-33-17-10-11-19(26)18(13-17)23(30)21-22(20-5-3-4-12-28-20)29(25(32)24(21)31)14-15-6-8-16(27)9-7-15/h3-13,22,30H,2,14H2,1H3/b23-21+. The molecule has 1 unspecified atom stereocenters. The summed E-state index contributed by atoms with van der Waals surface area (Å²) in [6.07, 6.45) is 1.54. The Balaban J connectivity index is 1.85. The van der Waals surface area contributed by atoms with E-state index in [1.54, 1.807) is 30.3 Å². The van der Waals surface area contributed by atoms with E-state index in [-0.39, 0.29) is 22.7 Å². The van der Waals surface area contributed by atoms with Gasteiger partial charge in [-0.3, -0.25) is 14.6 Å². The fraction of sp³-hybridized carbons (Fsp3) is 0.160. The van der Waals surface area contributed by atoms with Crippen molar-refractivity contribution < 1.29 is 23.8 Å². The van der Waals surface area contributed by atoms with E-state index < -0.39 is 29.3 Å². The van der Waals surface area contributed by atoms with Gasteiger partial charge in [0.25, 0.3) is 11.7 Å². The monoisotopic (exact) mass is 466 g/mol. The lowest BCUT2D eigenvalue weighted by Crippen LogP contribution is -2.29. The second-order valence-corrected chi connectivity index (χ2v) is 7.79. The van der Waals surface area contributed by atoms with Gasteiger partial charge in [-0.2, -0.15) is 0 Å². The van der Waals surface area contributed by atoms with Crippen molar-refractivity contribution in [2.45, 2.75) is 19.5 Å². The summed E-state index contributed by atoms with van der Waals surface area (Å²) in [5.74, 6) is -2.03. The van der Waals surface area contributed by atoms with Gasteiger partial charge in [0.1, 0.15) is 23.4 Å². The van der Waals surface area contributed by atoms with Crippen molar-refractivity contribution in [3.63, 3.8) is 0 Å². The first-order valence-corrected chi connectivity index (χ1v) is 10.6. The highest BCUT2D eigenvalue weighted by Crippen LogP contribution is 2.41. The van der Waals surface area contributed by atoms with Crippen molar-refractivity contribution in [2.24, 2.45) is 0 Å². The van der Waals surface area contributed by atoms with Gasteiger partial charge < -0.3 is 14.7 Å². The molecular weight excluding hydrogens is 447 g/mol. The van der Waals surface area contributed by atoms with Gasteiger partial charge in [-0.05, 0) is 55.0 Å². The molecule has 1 aliphatic rings. The van der Waals surface area contributed by atoms with Gasteiger partial charge >= 0.3 is 0 Å². The van der Waals surface area contributed by atoms with Crippen molar-refractivity contribution in [2.75, 3.05) is 6.61 Å². The lowest BCUT2D eigenvalue weighted by Gasteiger charge is -2.24. The van der Waals surface area contributed by atoms with Crippen LogP contribution in [0, 0.1) is 5.82 Å². The number of ketones is 1. The molecule has 1 fully saturated rings. The van der Waals surface area contributed by atoms with E-state index >= 15 is 0 Å². The molecule has 3 aromatic rings. The number of aromatic nitrogens is 1. The van der Waals surface area contributed by atoms with E-state index in [2.05, 4.69) is 4.98 Å². The molecular formula is C25H20ClFN2O4. The van der Waals surface area contributed by atoms with Crippen LogP contribution in [0.25, 0.3) is 5.76 Å². The Morgan fingerprint density at radius 3 is 2.58 bits per heavy atom. The van der Waals surface area contributed by atoms with Crippen molar-refractivity contribution in [3.05, 3.63) is 100 Å². The minimum Gasteiger partial charge on any atom is -0.507 e. The van der Waals surface area contributed by atoms with Crippen molar-refractivity contribution >= 4 is 29.1 Å². The molecule has 1 aromatic heterocycles. The summed E-state index contributed by atoms with van der Waals surface area (Å²) in [5.41, 5.74) is 1.06. The number of Topliss-reactive ketones (excluding diaryl/α,β-unsaturated/α-hetero) is 1. The number of carbonyl (C=O) groups excluding carboxylic acids is 2. The number of halogens is 2. The third kappa shape index (κ3) is 4.45. The fourth-order valence-corrected chi connectivity index (χ4v) is 3.97. The van der Waals surface area contributed by atoms with Crippen LogP contribution >= 0.6 is 11.6 Å². The molecule has 6 nitrogen and oxygen atoms in total. The third-order valence-corrected chi connectivity index (χ3v) is 5.61. The number of hydrogen-bond donors (Lipinski definition) is 1. The summed E-state index contributed by atoms with van der Waals surface area (Å²) in [6, 6.07) is 14.5. The lowest BCUT2D eigenvalue weighted by molar-refractivity contribution is -0.140. The summed E-state index contributed by atoms with van der Waals surface area (Å²) in [7, 11) is 0. The first kappa shape index (κ1) is 22.5. The Kier molecular flexibility index (Phi) is 6.42. The molecule has 1 amide bonds. The number of rotatable bonds is 6. The lowest BCUT2D eigenvalue weighted by atomic mass is 9.98. The zero-order chi connectivity index (χ0) is 23.5. The van der Waals surface area contributed by atoms with E-state index in [0.29, 0.717) is 23.6 Å². The summed E-state index contributed by atoms with van der Waals surface area (Å²) < 4.78 is 18.8. The number of amides is 1. The molecule has 0 spiro atoms. The molecule has 8 heteroatoms. The number of aliphatic hydroxyl groups is 1. The van der Waals surface area contributed by atoms with Gasteiger partial charge in [-0.1, -0.05) is 29.8 Å². The number of likely N-dealkylation sites (tertiary alicyclic amines) is 1. The van der Waals surface area contributed by atoms with Crippen LogP contribution in [0.5, 0.6) is 5.75 Å². The van der Waals surface area contributed by atoms with Crippen LogP contribution in [0.15, 0.2) is 72.4 Å². The molecule has 0 aliphatic carbocycles. The molecule has 0 saturated carbocycles. The topological polar surface area (TPSA) is 79.7 Å². The van der Waals surface area contributed by atoms with Crippen LogP contribution in [-0.2, 0) is 16.1 Å². The number of aliphatic hydroxyl groups excluding tert-OH is 1. The molecule has 1 atom stereocenters. The predicted octanol–water partition coefficient (Wildman–Crippen LogP) is 4.89. The van der Waals surface area contributed by atoms with Crippen LogP contribution < -0.4 is 4.74 Å². The number of carbonyl (C=O) groups is 2. The predicted molar refractivity (Wildman–Crippen MR) is 121 cm³/mol. The largest absolute Gasteiger partial charge is 0.507 e. The average molecular weight is 467 g/mol. The highest BCUT2D eigenvalue weighted by atomic mass is 35.5. The number of pyridine rings is 1. The van der Waals surface area contributed by atoms with Gasteiger partial charge in [-0.15, -0.1) is 0 Å². The maximum Gasteiger partial charge on any atom is 0.296 e. The third-order valence-electron chi connectivity index (χ3n) is 5.28. The van der Waals surface area contributed by atoms with Gasteiger partial charge in [0, 0.05) is 18.3 Å². The maximum absolute atomic E-state index is 13.4. The zero-order valence-electron chi connectivity index (χ0n) is 17.7. The SMILES string of the molecule is CCOc1ccc(Cl)c(/C(O)=C2\C(=O)C(=O)N(Cc3ccc(F)cc3)C2c2ccccn2)c1. The number of nitrogens with zero attached hydrogens (tertiary/aromatic N) is 2. The van der Waals surface area contributed by atoms with Crippen LogP contribution in [0.3, 0.4) is 0 Å². The summed E-state index contributed by atoms with van der Waals surface area (Å²) in [4.78, 5) is 31.8. The van der Waals surface area contributed by atoms with Crippen LogP contribution in [0.4, 0.5) is 4.39 Å². The van der Waals surface area contributed by atoms with Crippen LogP contribution in [0.2, 0.25) is 5.02 Å². The second kappa shape index (κ2) is 9.42. The Bertz CT molecular complexity index is 1230. The first-order chi connectivity index (χ1) is 15.9. The van der Waals surface area contributed by atoms with Crippen molar-refractivity contribution in [1.29, 1.82) is 0 Å². The fourth-order valence-electron chi connectivity index (χ4n) is 3.76. The van der Waals surface area contributed by atoms with Gasteiger partial charge in [0.05, 0.1) is 22.9 Å². The van der Waals surface area contributed by atoms with Crippen molar-refractivity contribution in [1.82, 2.24) is 9.88 Å². The van der Waals surface area contributed by atoms with Gasteiger partial charge in [-0.25, -0.2) is 4.39 Å². The minimum absolute atomic E-state index is 0.0234. The van der Waals surface area contributed by atoms with Crippen LogP contribution in [-0.4, -0.2) is 33.3 Å². The Hall–Kier alpha value is -3.71. The second-order valence-electron chi connectivity index (χ2n) is 7.38.